The molecule has 0 bridgehead atoms. The summed E-state index contributed by atoms with van der Waals surface area (Å²) in [7, 11) is 5.31. The van der Waals surface area contributed by atoms with E-state index >= 15 is 0 Å². The van der Waals surface area contributed by atoms with Gasteiger partial charge >= 0.3 is 0 Å². The number of carbonyl (C=O) groups is 1. The second kappa shape index (κ2) is 10.2. The van der Waals surface area contributed by atoms with Crippen LogP contribution in [0.25, 0.3) is 0 Å². The first kappa shape index (κ1) is 20.3. The van der Waals surface area contributed by atoms with E-state index in [2.05, 4.69) is 34.6 Å². The van der Waals surface area contributed by atoms with Gasteiger partial charge in [-0.05, 0) is 42.3 Å². The third kappa shape index (κ3) is 6.02. The first-order valence-corrected chi connectivity index (χ1v) is 9.00. The van der Waals surface area contributed by atoms with Gasteiger partial charge in [0.05, 0.1) is 13.7 Å². The van der Waals surface area contributed by atoms with Gasteiger partial charge in [-0.3, -0.25) is 4.79 Å². The number of carbonyl (C=O) groups excluding carboxylic acids is 1. The fraction of sp³-hybridized carbons (Fsp3) is 0.333. The molecule has 27 heavy (non-hydrogen) atoms. The second-order valence-electron chi connectivity index (χ2n) is 6.15. The Morgan fingerprint density at radius 1 is 1.07 bits per heavy atom. The highest BCUT2D eigenvalue weighted by atomic mass is 16.5. The number of amides is 1. The third-order valence-electron chi connectivity index (χ3n) is 4.13. The summed E-state index contributed by atoms with van der Waals surface area (Å²) in [5.74, 6) is 1.60. The Balaban J connectivity index is 2.04. The number of ether oxygens (including phenoxy) is 1. The molecule has 0 radical (unpaired) electrons. The standard InChI is InChI=1S/C21H28N4O2/c1-5-23-21(25(3)15-17-8-12-19(27-4)13-9-17)24-14-16-6-10-18(11-7-16)20(26)22-2/h6-13H,5,14-15H2,1-4H3,(H,22,26)(H,23,24). The Bertz CT molecular complexity index is 755. The lowest BCUT2D eigenvalue weighted by molar-refractivity contribution is 0.0963. The highest BCUT2D eigenvalue weighted by molar-refractivity contribution is 5.93. The molecule has 2 rings (SSSR count). The number of nitrogens with one attached hydrogen (secondary N) is 2. The van der Waals surface area contributed by atoms with Gasteiger partial charge < -0.3 is 20.3 Å². The van der Waals surface area contributed by atoms with E-state index in [-0.39, 0.29) is 5.91 Å². The Hall–Kier alpha value is -3.02. The van der Waals surface area contributed by atoms with Crippen molar-refractivity contribution in [3.05, 3.63) is 65.2 Å². The van der Waals surface area contributed by atoms with Crippen LogP contribution < -0.4 is 15.4 Å². The number of hydrogen-bond donors (Lipinski definition) is 2. The number of aliphatic imine (C=N–C) groups is 1. The molecule has 0 aliphatic rings. The molecule has 0 spiro atoms. The van der Waals surface area contributed by atoms with Gasteiger partial charge in [0, 0.05) is 32.7 Å². The van der Waals surface area contributed by atoms with Crippen LogP contribution in [0.5, 0.6) is 5.75 Å². The Morgan fingerprint density at radius 3 is 2.26 bits per heavy atom. The molecule has 0 unspecified atom stereocenters. The lowest BCUT2D eigenvalue weighted by atomic mass is 10.1. The first-order valence-electron chi connectivity index (χ1n) is 9.00. The van der Waals surface area contributed by atoms with Crippen LogP contribution in [0.3, 0.4) is 0 Å². The molecule has 2 aromatic rings. The van der Waals surface area contributed by atoms with E-state index in [1.165, 1.54) is 5.56 Å². The Morgan fingerprint density at radius 2 is 1.70 bits per heavy atom. The number of guanidine groups is 1. The average molecular weight is 368 g/mol. The Labute approximate surface area is 161 Å². The zero-order valence-corrected chi connectivity index (χ0v) is 16.5. The van der Waals surface area contributed by atoms with Crippen LogP contribution in [0.15, 0.2) is 53.5 Å². The van der Waals surface area contributed by atoms with Crippen LogP contribution in [0.2, 0.25) is 0 Å². The summed E-state index contributed by atoms with van der Waals surface area (Å²) in [6, 6.07) is 15.5. The topological polar surface area (TPSA) is 66.0 Å². The summed E-state index contributed by atoms with van der Waals surface area (Å²) in [5.41, 5.74) is 2.88. The number of rotatable bonds is 7. The summed E-state index contributed by atoms with van der Waals surface area (Å²) >= 11 is 0. The van der Waals surface area contributed by atoms with Crippen molar-refractivity contribution in [2.75, 3.05) is 27.7 Å². The van der Waals surface area contributed by atoms with Crippen molar-refractivity contribution >= 4 is 11.9 Å². The smallest absolute Gasteiger partial charge is 0.251 e. The molecule has 1 amide bonds. The van der Waals surface area contributed by atoms with E-state index in [0.717, 1.165) is 30.4 Å². The van der Waals surface area contributed by atoms with E-state index in [1.807, 2.05) is 43.4 Å². The van der Waals surface area contributed by atoms with Crippen molar-refractivity contribution in [3.8, 4) is 5.75 Å². The Kier molecular flexibility index (Phi) is 7.67. The molecule has 0 saturated carbocycles. The maximum absolute atomic E-state index is 11.6. The van der Waals surface area contributed by atoms with Gasteiger partial charge in [-0.2, -0.15) is 0 Å². The second-order valence-corrected chi connectivity index (χ2v) is 6.15. The lowest BCUT2D eigenvalue weighted by Gasteiger charge is -2.22. The zero-order valence-electron chi connectivity index (χ0n) is 16.5. The van der Waals surface area contributed by atoms with E-state index in [0.29, 0.717) is 12.1 Å². The molecule has 0 atom stereocenters. The predicted octanol–water partition coefficient (Wildman–Crippen LogP) is 2.65. The summed E-state index contributed by atoms with van der Waals surface area (Å²) in [4.78, 5) is 18.4. The molecule has 6 heteroatoms. The monoisotopic (exact) mass is 368 g/mol. The van der Waals surface area contributed by atoms with Crippen molar-refractivity contribution < 1.29 is 9.53 Å². The van der Waals surface area contributed by atoms with Crippen molar-refractivity contribution in [1.82, 2.24) is 15.5 Å². The third-order valence-corrected chi connectivity index (χ3v) is 4.13. The number of benzene rings is 2. The largest absolute Gasteiger partial charge is 0.497 e. The quantitative estimate of drug-likeness (QED) is 0.582. The fourth-order valence-electron chi connectivity index (χ4n) is 2.62. The van der Waals surface area contributed by atoms with Crippen molar-refractivity contribution in [3.63, 3.8) is 0 Å². The minimum atomic E-state index is -0.0855. The summed E-state index contributed by atoms with van der Waals surface area (Å²) < 4.78 is 5.20. The predicted molar refractivity (Wildman–Crippen MR) is 109 cm³/mol. The zero-order chi connectivity index (χ0) is 19.6. The minimum absolute atomic E-state index is 0.0855. The molecular formula is C21H28N4O2. The van der Waals surface area contributed by atoms with Gasteiger partial charge in [0.25, 0.3) is 5.91 Å². The van der Waals surface area contributed by atoms with E-state index in [4.69, 9.17) is 9.73 Å². The van der Waals surface area contributed by atoms with Gasteiger partial charge in [-0.25, -0.2) is 4.99 Å². The molecule has 0 aromatic heterocycles. The molecule has 0 aliphatic heterocycles. The minimum Gasteiger partial charge on any atom is -0.497 e. The normalized spacial score (nSPS) is 11.0. The molecule has 144 valence electrons. The molecule has 2 aromatic carbocycles. The van der Waals surface area contributed by atoms with Crippen molar-refractivity contribution in [2.45, 2.75) is 20.0 Å². The van der Waals surface area contributed by atoms with Crippen LogP contribution in [0.1, 0.15) is 28.4 Å². The molecular weight excluding hydrogens is 340 g/mol. The van der Waals surface area contributed by atoms with Crippen LogP contribution in [-0.2, 0) is 13.1 Å². The highest BCUT2D eigenvalue weighted by Gasteiger charge is 2.07. The van der Waals surface area contributed by atoms with Crippen LogP contribution in [0, 0.1) is 0 Å². The SMILES string of the molecule is CCNC(=NCc1ccc(C(=O)NC)cc1)N(C)Cc1ccc(OC)cc1. The van der Waals surface area contributed by atoms with Gasteiger partial charge in [-0.1, -0.05) is 24.3 Å². The van der Waals surface area contributed by atoms with Gasteiger partial charge in [-0.15, -0.1) is 0 Å². The number of hydrogen-bond acceptors (Lipinski definition) is 3. The average Bonchev–Trinajstić information content (AvgIpc) is 2.71. The van der Waals surface area contributed by atoms with Gasteiger partial charge in [0.2, 0.25) is 0 Å². The van der Waals surface area contributed by atoms with Crippen molar-refractivity contribution in [1.29, 1.82) is 0 Å². The summed E-state index contributed by atoms with van der Waals surface area (Å²) in [5, 5.41) is 5.94. The highest BCUT2D eigenvalue weighted by Crippen LogP contribution is 2.13. The maximum atomic E-state index is 11.6. The molecule has 0 saturated heterocycles. The van der Waals surface area contributed by atoms with Gasteiger partial charge in [0.1, 0.15) is 5.75 Å². The molecule has 6 nitrogen and oxygen atoms in total. The van der Waals surface area contributed by atoms with Gasteiger partial charge in [0.15, 0.2) is 5.96 Å². The molecule has 0 heterocycles. The molecule has 0 fully saturated rings. The summed E-state index contributed by atoms with van der Waals surface area (Å²) in [6.45, 7) is 4.13. The molecule has 2 N–H and O–H groups in total. The van der Waals surface area contributed by atoms with E-state index < -0.39 is 0 Å². The van der Waals surface area contributed by atoms with Crippen LogP contribution in [-0.4, -0.2) is 44.5 Å². The molecule has 0 aliphatic carbocycles. The fourth-order valence-corrected chi connectivity index (χ4v) is 2.62. The van der Waals surface area contributed by atoms with Crippen LogP contribution >= 0.6 is 0 Å². The van der Waals surface area contributed by atoms with E-state index in [9.17, 15) is 4.79 Å². The maximum Gasteiger partial charge on any atom is 0.251 e. The first-order chi connectivity index (χ1) is 13.1. The van der Waals surface area contributed by atoms with Crippen molar-refractivity contribution in [2.24, 2.45) is 4.99 Å². The van der Waals surface area contributed by atoms with E-state index in [1.54, 1.807) is 14.2 Å². The summed E-state index contributed by atoms with van der Waals surface area (Å²) in [6.07, 6.45) is 0. The van der Waals surface area contributed by atoms with Crippen LogP contribution in [0.4, 0.5) is 0 Å². The number of methoxy groups -OCH3 is 1. The lowest BCUT2D eigenvalue weighted by Crippen LogP contribution is -2.38. The number of nitrogens with zero attached hydrogens (tertiary/aromatic N) is 2.